The molecule has 1 aliphatic rings. The smallest absolute Gasteiger partial charge is 0.255 e. The highest BCUT2D eigenvalue weighted by Crippen LogP contribution is 2.25. The maximum absolute atomic E-state index is 12.4. The van der Waals surface area contributed by atoms with Crippen molar-refractivity contribution in [3.63, 3.8) is 0 Å². The van der Waals surface area contributed by atoms with E-state index in [2.05, 4.69) is 4.83 Å². The Morgan fingerprint density at radius 1 is 1.26 bits per heavy atom. The van der Waals surface area contributed by atoms with Gasteiger partial charge in [-0.2, -0.15) is 0 Å². The lowest BCUT2D eigenvalue weighted by atomic mass is 10.1. The summed E-state index contributed by atoms with van der Waals surface area (Å²) in [5, 5.41) is 1.64. The first-order valence-electron chi connectivity index (χ1n) is 6.12. The Bertz CT molecular complexity index is 566. The van der Waals surface area contributed by atoms with E-state index in [0.29, 0.717) is 31.9 Å². The number of aryl methyl sites for hydroxylation is 1. The van der Waals surface area contributed by atoms with E-state index in [-0.39, 0.29) is 10.6 Å². The molecule has 1 aliphatic heterocycles. The standard InChI is InChI=1S/C12H19N3O3S/c1-9-3-4-11(13)12(10(9)2)19(16,17)14-15-5-7-18-8-6-15/h3-4,14H,5-8,13H2,1-2H3. The molecule has 6 nitrogen and oxygen atoms in total. The molecule has 0 spiro atoms. The summed E-state index contributed by atoms with van der Waals surface area (Å²) in [6, 6.07) is 3.44. The van der Waals surface area contributed by atoms with E-state index >= 15 is 0 Å². The van der Waals surface area contributed by atoms with Gasteiger partial charge in [0.1, 0.15) is 4.90 Å². The number of nitrogens with one attached hydrogen (secondary N) is 1. The number of hydrogen-bond acceptors (Lipinski definition) is 5. The van der Waals surface area contributed by atoms with Crippen LogP contribution in [0.25, 0.3) is 0 Å². The Morgan fingerprint density at radius 3 is 2.53 bits per heavy atom. The van der Waals surface area contributed by atoms with Gasteiger partial charge in [-0.3, -0.25) is 0 Å². The van der Waals surface area contributed by atoms with Crippen LogP contribution in [0.5, 0.6) is 0 Å². The third-order valence-corrected chi connectivity index (χ3v) is 4.81. The fraction of sp³-hybridized carbons (Fsp3) is 0.500. The summed E-state index contributed by atoms with van der Waals surface area (Å²) in [5.74, 6) is 0. The zero-order chi connectivity index (χ0) is 14.0. The molecule has 7 heteroatoms. The fourth-order valence-corrected chi connectivity index (χ4v) is 3.59. The van der Waals surface area contributed by atoms with E-state index < -0.39 is 10.0 Å². The summed E-state index contributed by atoms with van der Waals surface area (Å²) in [6.45, 7) is 5.73. The molecule has 0 aromatic heterocycles. The Balaban J connectivity index is 2.31. The van der Waals surface area contributed by atoms with Gasteiger partial charge in [-0.1, -0.05) is 6.07 Å². The van der Waals surface area contributed by atoms with Crippen LogP contribution in [0.3, 0.4) is 0 Å². The lowest BCUT2D eigenvalue weighted by Crippen LogP contribution is -2.48. The first kappa shape index (κ1) is 14.3. The van der Waals surface area contributed by atoms with Crippen LogP contribution in [0.2, 0.25) is 0 Å². The first-order valence-corrected chi connectivity index (χ1v) is 7.61. The highest BCUT2D eigenvalue weighted by molar-refractivity contribution is 7.89. The molecule has 0 bridgehead atoms. The highest BCUT2D eigenvalue weighted by Gasteiger charge is 2.24. The Morgan fingerprint density at radius 2 is 1.89 bits per heavy atom. The zero-order valence-corrected chi connectivity index (χ0v) is 12.0. The molecule has 1 aromatic rings. The molecular weight excluding hydrogens is 266 g/mol. The second kappa shape index (κ2) is 5.46. The lowest BCUT2D eigenvalue weighted by Gasteiger charge is -2.27. The third kappa shape index (κ3) is 3.06. The summed E-state index contributed by atoms with van der Waals surface area (Å²) in [7, 11) is -3.65. The molecule has 19 heavy (non-hydrogen) atoms. The molecular formula is C12H19N3O3S. The van der Waals surface area contributed by atoms with E-state index in [1.54, 1.807) is 18.0 Å². The molecule has 3 N–H and O–H groups in total. The van der Waals surface area contributed by atoms with Crippen molar-refractivity contribution in [2.45, 2.75) is 18.7 Å². The van der Waals surface area contributed by atoms with Crippen molar-refractivity contribution in [2.75, 3.05) is 32.0 Å². The molecule has 0 aliphatic carbocycles. The number of rotatable bonds is 3. The normalized spacial score (nSPS) is 17.6. The second-order valence-corrected chi connectivity index (χ2v) is 6.22. The maximum atomic E-state index is 12.4. The van der Waals surface area contributed by atoms with Crippen LogP contribution in [-0.2, 0) is 14.8 Å². The number of morpholine rings is 1. The van der Waals surface area contributed by atoms with Crippen LogP contribution in [-0.4, -0.2) is 39.7 Å². The number of ether oxygens (including phenoxy) is 1. The summed E-state index contributed by atoms with van der Waals surface area (Å²) in [5.41, 5.74) is 7.67. The van der Waals surface area contributed by atoms with Gasteiger partial charge in [-0.15, -0.1) is 4.83 Å². The summed E-state index contributed by atoms with van der Waals surface area (Å²) in [4.78, 5) is 2.73. The minimum Gasteiger partial charge on any atom is -0.398 e. The van der Waals surface area contributed by atoms with Crippen molar-refractivity contribution in [1.29, 1.82) is 0 Å². The number of nitrogen functional groups attached to an aromatic ring is 1. The van der Waals surface area contributed by atoms with Gasteiger partial charge < -0.3 is 10.5 Å². The number of sulfonamides is 1. The van der Waals surface area contributed by atoms with Crippen LogP contribution in [0.15, 0.2) is 17.0 Å². The second-order valence-electron chi connectivity index (χ2n) is 4.62. The molecule has 0 amide bonds. The Kier molecular flexibility index (Phi) is 4.10. The molecule has 1 aromatic carbocycles. The molecule has 106 valence electrons. The van der Waals surface area contributed by atoms with Gasteiger partial charge in [-0.25, -0.2) is 13.4 Å². The number of hydrazine groups is 1. The number of nitrogens with zero attached hydrogens (tertiary/aromatic N) is 1. The number of anilines is 1. The summed E-state index contributed by atoms with van der Waals surface area (Å²) >= 11 is 0. The van der Waals surface area contributed by atoms with Gasteiger partial charge in [0, 0.05) is 13.1 Å². The minimum atomic E-state index is -3.65. The van der Waals surface area contributed by atoms with Crippen LogP contribution >= 0.6 is 0 Å². The topological polar surface area (TPSA) is 84.7 Å². The molecule has 1 heterocycles. The molecule has 1 saturated heterocycles. The van der Waals surface area contributed by atoms with E-state index in [0.717, 1.165) is 5.56 Å². The molecule has 2 rings (SSSR count). The van der Waals surface area contributed by atoms with E-state index in [1.165, 1.54) is 0 Å². The predicted molar refractivity (Wildman–Crippen MR) is 73.0 cm³/mol. The van der Waals surface area contributed by atoms with Gasteiger partial charge in [0.15, 0.2) is 0 Å². The molecule has 0 saturated carbocycles. The quantitative estimate of drug-likeness (QED) is 0.786. The van der Waals surface area contributed by atoms with Gasteiger partial charge in [0.2, 0.25) is 0 Å². The van der Waals surface area contributed by atoms with Crippen molar-refractivity contribution in [1.82, 2.24) is 9.84 Å². The Labute approximate surface area is 113 Å². The van der Waals surface area contributed by atoms with Crippen LogP contribution in [0.4, 0.5) is 5.69 Å². The third-order valence-electron chi connectivity index (χ3n) is 3.24. The van der Waals surface area contributed by atoms with Gasteiger partial charge in [0.05, 0.1) is 18.9 Å². The summed E-state index contributed by atoms with van der Waals surface area (Å²) < 4.78 is 30.0. The first-order chi connectivity index (χ1) is 8.92. The predicted octanol–water partition coefficient (Wildman–Crippen LogP) is 0.411. The van der Waals surface area contributed by atoms with Crippen molar-refractivity contribution in [3.8, 4) is 0 Å². The molecule has 0 radical (unpaired) electrons. The van der Waals surface area contributed by atoms with Crippen LogP contribution in [0, 0.1) is 13.8 Å². The average Bonchev–Trinajstić information content (AvgIpc) is 2.35. The monoisotopic (exact) mass is 285 g/mol. The summed E-state index contributed by atoms with van der Waals surface area (Å²) in [6.07, 6.45) is 0. The fourth-order valence-electron chi connectivity index (χ4n) is 2.04. The average molecular weight is 285 g/mol. The number of nitrogens with two attached hydrogens (primary N) is 1. The lowest BCUT2D eigenvalue weighted by molar-refractivity contribution is 0.0272. The van der Waals surface area contributed by atoms with Gasteiger partial charge in [0.25, 0.3) is 10.0 Å². The van der Waals surface area contributed by atoms with Gasteiger partial charge in [-0.05, 0) is 31.0 Å². The number of benzene rings is 1. The highest BCUT2D eigenvalue weighted by atomic mass is 32.2. The number of hydrogen-bond donors (Lipinski definition) is 2. The van der Waals surface area contributed by atoms with Crippen LogP contribution < -0.4 is 10.6 Å². The zero-order valence-electron chi connectivity index (χ0n) is 11.1. The minimum absolute atomic E-state index is 0.166. The SMILES string of the molecule is Cc1ccc(N)c(S(=O)(=O)NN2CCOCC2)c1C. The van der Waals surface area contributed by atoms with E-state index in [1.807, 2.05) is 13.0 Å². The van der Waals surface area contributed by atoms with Crippen molar-refractivity contribution >= 4 is 15.7 Å². The van der Waals surface area contributed by atoms with Gasteiger partial charge >= 0.3 is 0 Å². The molecule has 0 unspecified atom stereocenters. The maximum Gasteiger partial charge on any atom is 0.255 e. The van der Waals surface area contributed by atoms with Crippen molar-refractivity contribution in [3.05, 3.63) is 23.3 Å². The van der Waals surface area contributed by atoms with Crippen LogP contribution in [0.1, 0.15) is 11.1 Å². The van der Waals surface area contributed by atoms with E-state index in [9.17, 15) is 8.42 Å². The van der Waals surface area contributed by atoms with Crippen molar-refractivity contribution < 1.29 is 13.2 Å². The Hall–Kier alpha value is -1.15. The molecule has 0 atom stereocenters. The largest absolute Gasteiger partial charge is 0.398 e. The van der Waals surface area contributed by atoms with Crippen molar-refractivity contribution in [2.24, 2.45) is 0 Å². The molecule has 1 fully saturated rings. The van der Waals surface area contributed by atoms with E-state index in [4.69, 9.17) is 10.5 Å².